The lowest BCUT2D eigenvalue weighted by Crippen LogP contribution is -2.57. The summed E-state index contributed by atoms with van der Waals surface area (Å²) in [6.45, 7) is 8.30. The van der Waals surface area contributed by atoms with Crippen LogP contribution in [0.3, 0.4) is 0 Å². The molecule has 3 atom stereocenters. The van der Waals surface area contributed by atoms with Gasteiger partial charge in [0.15, 0.2) is 0 Å². The molecular weight excluding hydrogens is 342 g/mol. The summed E-state index contributed by atoms with van der Waals surface area (Å²) >= 11 is 0. The van der Waals surface area contributed by atoms with Gasteiger partial charge in [0.25, 0.3) is 0 Å². The van der Waals surface area contributed by atoms with Gasteiger partial charge in [-0.15, -0.1) is 0 Å². The van der Waals surface area contributed by atoms with Crippen LogP contribution in [-0.4, -0.2) is 12.6 Å². The molecule has 0 radical (unpaired) electrons. The highest BCUT2D eigenvalue weighted by atomic mass is 16.3. The van der Waals surface area contributed by atoms with Crippen LogP contribution in [0.15, 0.2) is 65.1 Å². The largest absolute Gasteiger partial charge is 0.456 e. The second-order valence-electron chi connectivity index (χ2n) is 8.90. The summed E-state index contributed by atoms with van der Waals surface area (Å²) in [5, 5.41) is 2.47. The highest BCUT2D eigenvalue weighted by Crippen LogP contribution is 2.57. The lowest BCUT2D eigenvalue weighted by atomic mass is 9.58. The van der Waals surface area contributed by atoms with Crippen LogP contribution in [0, 0.1) is 6.92 Å². The zero-order valence-electron chi connectivity index (χ0n) is 16.7. The van der Waals surface area contributed by atoms with Crippen LogP contribution >= 0.6 is 0 Å². The number of rotatable bonds is 1. The summed E-state index contributed by atoms with van der Waals surface area (Å²) in [5.74, 6) is 0.481. The van der Waals surface area contributed by atoms with Crippen molar-refractivity contribution in [1.82, 2.24) is 0 Å². The summed E-state index contributed by atoms with van der Waals surface area (Å²) in [6, 6.07) is 22.6. The first-order chi connectivity index (χ1) is 13.6. The standard InChI is InChI=1S/C26H25NO/c1-16-14-24-20(18-8-4-7-11-23(18)28-24)15-19(16)25-17(2)27-13-12-26(25,3)21-9-5-6-10-22(21)27/h4-11,14-15,17,25H,12-13H2,1-3H3. The summed E-state index contributed by atoms with van der Waals surface area (Å²) in [6.07, 6.45) is 1.21. The molecule has 4 heterocycles. The van der Waals surface area contributed by atoms with E-state index in [1.165, 1.54) is 39.6 Å². The second kappa shape index (κ2) is 5.41. The molecule has 4 aromatic rings. The van der Waals surface area contributed by atoms with Crippen LogP contribution < -0.4 is 4.90 Å². The minimum absolute atomic E-state index is 0.169. The molecule has 0 N–H and O–H groups in total. The highest BCUT2D eigenvalue weighted by Gasteiger charge is 2.51. The molecule has 7 rings (SSSR count). The number of hydrogen-bond donors (Lipinski definition) is 0. The van der Waals surface area contributed by atoms with Gasteiger partial charge in [0, 0.05) is 40.4 Å². The number of hydrogen-bond acceptors (Lipinski definition) is 2. The third kappa shape index (κ3) is 1.93. The Morgan fingerprint density at radius 1 is 0.964 bits per heavy atom. The Labute approximate surface area is 165 Å². The van der Waals surface area contributed by atoms with Gasteiger partial charge in [-0.25, -0.2) is 0 Å². The van der Waals surface area contributed by atoms with Gasteiger partial charge in [-0.2, -0.15) is 0 Å². The van der Waals surface area contributed by atoms with Gasteiger partial charge >= 0.3 is 0 Å². The molecule has 3 aromatic carbocycles. The first-order valence-electron chi connectivity index (χ1n) is 10.4. The number of fused-ring (bicyclic) bond motifs is 5. The third-order valence-electron chi connectivity index (χ3n) is 7.46. The molecule has 0 aliphatic carbocycles. The molecular formula is C26H25NO. The topological polar surface area (TPSA) is 16.4 Å². The maximum absolute atomic E-state index is 6.14. The molecule has 2 nitrogen and oxygen atoms in total. The lowest BCUT2D eigenvalue weighted by Gasteiger charge is -2.58. The molecule has 3 aliphatic rings. The first-order valence-corrected chi connectivity index (χ1v) is 10.4. The van der Waals surface area contributed by atoms with E-state index in [4.69, 9.17) is 4.42 Å². The zero-order chi connectivity index (χ0) is 19.0. The van der Waals surface area contributed by atoms with E-state index in [9.17, 15) is 0 Å². The second-order valence-corrected chi connectivity index (χ2v) is 8.90. The van der Waals surface area contributed by atoms with E-state index in [2.05, 4.69) is 80.3 Å². The predicted octanol–water partition coefficient (Wildman–Crippen LogP) is 6.55. The Hall–Kier alpha value is -2.74. The molecule has 2 heteroatoms. The third-order valence-corrected chi connectivity index (χ3v) is 7.46. The molecule has 1 saturated heterocycles. The first kappa shape index (κ1) is 16.2. The van der Waals surface area contributed by atoms with Gasteiger partial charge in [0.2, 0.25) is 0 Å². The molecule has 1 fully saturated rings. The van der Waals surface area contributed by atoms with E-state index in [0.717, 1.165) is 17.7 Å². The minimum Gasteiger partial charge on any atom is -0.456 e. The number of benzene rings is 3. The summed E-state index contributed by atoms with van der Waals surface area (Å²) < 4.78 is 6.14. The van der Waals surface area contributed by atoms with E-state index in [0.29, 0.717) is 12.0 Å². The normalized spacial score (nSPS) is 26.2. The number of aryl methyl sites for hydroxylation is 1. The summed E-state index contributed by atoms with van der Waals surface area (Å²) in [4.78, 5) is 2.63. The monoisotopic (exact) mass is 367 g/mol. The van der Waals surface area contributed by atoms with Gasteiger partial charge in [-0.1, -0.05) is 43.3 Å². The van der Waals surface area contributed by atoms with Crippen molar-refractivity contribution in [3.63, 3.8) is 0 Å². The van der Waals surface area contributed by atoms with Crippen molar-refractivity contribution in [1.29, 1.82) is 0 Å². The number of nitrogens with zero attached hydrogens (tertiary/aromatic N) is 1. The van der Waals surface area contributed by atoms with E-state index in [1.54, 1.807) is 0 Å². The van der Waals surface area contributed by atoms with Crippen LogP contribution in [0.25, 0.3) is 21.9 Å². The maximum atomic E-state index is 6.14. The van der Waals surface area contributed by atoms with Crippen molar-refractivity contribution in [2.24, 2.45) is 0 Å². The van der Waals surface area contributed by atoms with E-state index >= 15 is 0 Å². The van der Waals surface area contributed by atoms with E-state index in [-0.39, 0.29) is 5.41 Å². The smallest absolute Gasteiger partial charge is 0.135 e. The van der Waals surface area contributed by atoms with Crippen molar-refractivity contribution in [3.05, 3.63) is 77.4 Å². The minimum atomic E-state index is 0.169. The van der Waals surface area contributed by atoms with Gasteiger partial charge in [-0.3, -0.25) is 0 Å². The van der Waals surface area contributed by atoms with Crippen LogP contribution in [0.4, 0.5) is 5.69 Å². The highest BCUT2D eigenvalue weighted by molar-refractivity contribution is 6.05. The summed E-state index contributed by atoms with van der Waals surface area (Å²) in [5.41, 5.74) is 7.93. The Kier molecular flexibility index (Phi) is 3.14. The molecule has 0 amide bonds. The Morgan fingerprint density at radius 2 is 1.75 bits per heavy atom. The Bertz CT molecular complexity index is 1240. The van der Waals surface area contributed by atoms with Crippen molar-refractivity contribution in [2.75, 3.05) is 11.4 Å². The molecule has 140 valence electrons. The molecule has 0 saturated carbocycles. The van der Waals surface area contributed by atoms with Crippen molar-refractivity contribution < 1.29 is 4.42 Å². The molecule has 28 heavy (non-hydrogen) atoms. The number of furan rings is 1. The van der Waals surface area contributed by atoms with E-state index < -0.39 is 0 Å². The fourth-order valence-electron chi connectivity index (χ4n) is 6.10. The van der Waals surface area contributed by atoms with Crippen molar-refractivity contribution in [2.45, 2.75) is 44.6 Å². The Morgan fingerprint density at radius 3 is 2.64 bits per heavy atom. The summed E-state index contributed by atoms with van der Waals surface area (Å²) in [7, 11) is 0. The van der Waals surface area contributed by atoms with E-state index in [1.807, 2.05) is 6.07 Å². The molecule has 0 spiro atoms. The lowest BCUT2D eigenvalue weighted by molar-refractivity contribution is 0.243. The van der Waals surface area contributed by atoms with Crippen molar-refractivity contribution in [3.8, 4) is 0 Å². The molecule has 3 aliphatic heterocycles. The average Bonchev–Trinajstić information content (AvgIpc) is 3.05. The van der Waals surface area contributed by atoms with Gasteiger partial charge in [0.05, 0.1) is 0 Å². The quantitative estimate of drug-likeness (QED) is 0.379. The Balaban J connectivity index is 1.61. The van der Waals surface area contributed by atoms with Crippen LogP contribution in [0.5, 0.6) is 0 Å². The SMILES string of the molecule is Cc1cc2oc3ccccc3c2cc1C1C(C)N2CCC1(C)c1ccccc12. The maximum Gasteiger partial charge on any atom is 0.135 e. The molecule has 3 unspecified atom stereocenters. The van der Waals surface area contributed by atoms with Crippen LogP contribution in [0.1, 0.15) is 42.9 Å². The predicted molar refractivity (Wildman–Crippen MR) is 116 cm³/mol. The molecule has 2 bridgehead atoms. The number of piperidine rings is 1. The van der Waals surface area contributed by atoms with Gasteiger partial charge in [0.1, 0.15) is 11.2 Å². The van der Waals surface area contributed by atoms with Crippen molar-refractivity contribution >= 4 is 27.6 Å². The fourth-order valence-corrected chi connectivity index (χ4v) is 6.10. The average molecular weight is 367 g/mol. The zero-order valence-corrected chi connectivity index (χ0v) is 16.7. The number of anilines is 1. The fraction of sp³-hybridized carbons (Fsp3) is 0.308. The van der Waals surface area contributed by atoms with Crippen LogP contribution in [-0.2, 0) is 5.41 Å². The molecule has 1 aromatic heterocycles. The van der Waals surface area contributed by atoms with Gasteiger partial charge in [-0.05, 0) is 61.2 Å². The van der Waals surface area contributed by atoms with Gasteiger partial charge < -0.3 is 9.32 Å². The number of para-hydroxylation sites is 2. The van der Waals surface area contributed by atoms with Crippen LogP contribution in [0.2, 0.25) is 0 Å².